The minimum Gasteiger partial charge on any atom is -0.314 e. The molecular formula is C13H29N. The van der Waals surface area contributed by atoms with Gasteiger partial charge in [0.1, 0.15) is 0 Å². The lowest BCUT2D eigenvalue weighted by Gasteiger charge is -2.15. The van der Waals surface area contributed by atoms with Crippen LogP contribution in [0.5, 0.6) is 0 Å². The van der Waals surface area contributed by atoms with Gasteiger partial charge in [0.05, 0.1) is 0 Å². The molecule has 0 rings (SSSR count). The first-order valence-corrected chi connectivity index (χ1v) is 6.25. The molecule has 1 N–H and O–H groups in total. The third-order valence-electron chi connectivity index (χ3n) is 2.63. The van der Waals surface area contributed by atoms with E-state index in [2.05, 4.69) is 39.9 Å². The molecule has 0 spiro atoms. The summed E-state index contributed by atoms with van der Waals surface area (Å²) in [5.74, 6) is 1.69. The van der Waals surface area contributed by atoms with Crippen molar-refractivity contribution >= 4 is 0 Å². The Balaban J connectivity index is 3.22. The van der Waals surface area contributed by atoms with Crippen LogP contribution in [-0.2, 0) is 0 Å². The third-order valence-corrected chi connectivity index (χ3v) is 2.63. The van der Waals surface area contributed by atoms with Gasteiger partial charge in [0, 0.05) is 6.04 Å². The second-order valence-electron chi connectivity index (χ2n) is 5.36. The summed E-state index contributed by atoms with van der Waals surface area (Å²) in [6.45, 7) is 12.7. The minimum atomic E-state index is 0.699. The van der Waals surface area contributed by atoms with E-state index in [0.29, 0.717) is 6.04 Å². The van der Waals surface area contributed by atoms with Crippen molar-refractivity contribution in [3.8, 4) is 0 Å². The van der Waals surface area contributed by atoms with E-state index in [4.69, 9.17) is 0 Å². The molecule has 14 heavy (non-hydrogen) atoms. The van der Waals surface area contributed by atoms with Crippen molar-refractivity contribution in [2.24, 2.45) is 11.8 Å². The fraction of sp³-hybridized carbons (Fsp3) is 1.00. The van der Waals surface area contributed by atoms with Crippen molar-refractivity contribution < 1.29 is 0 Å². The van der Waals surface area contributed by atoms with Crippen molar-refractivity contribution in [2.75, 3.05) is 6.54 Å². The second-order valence-corrected chi connectivity index (χ2v) is 5.36. The maximum absolute atomic E-state index is 3.59. The lowest BCUT2D eigenvalue weighted by molar-refractivity contribution is 0.435. The summed E-state index contributed by atoms with van der Waals surface area (Å²) in [7, 11) is 0. The second kappa shape index (κ2) is 8.28. The molecule has 0 saturated heterocycles. The molecule has 0 aromatic heterocycles. The molecule has 0 saturated carbocycles. The van der Waals surface area contributed by atoms with E-state index >= 15 is 0 Å². The van der Waals surface area contributed by atoms with Gasteiger partial charge >= 0.3 is 0 Å². The fourth-order valence-corrected chi connectivity index (χ4v) is 1.54. The first-order valence-electron chi connectivity index (χ1n) is 6.25. The zero-order chi connectivity index (χ0) is 11.0. The number of nitrogens with one attached hydrogen (secondary N) is 1. The van der Waals surface area contributed by atoms with Crippen molar-refractivity contribution in [1.82, 2.24) is 5.32 Å². The van der Waals surface area contributed by atoms with Crippen LogP contribution in [0.15, 0.2) is 0 Å². The Hall–Kier alpha value is -0.0400. The summed E-state index contributed by atoms with van der Waals surface area (Å²) < 4.78 is 0. The predicted molar refractivity (Wildman–Crippen MR) is 65.6 cm³/mol. The summed E-state index contributed by atoms with van der Waals surface area (Å²) in [4.78, 5) is 0. The highest BCUT2D eigenvalue weighted by Gasteiger charge is 2.02. The van der Waals surface area contributed by atoms with Gasteiger partial charge in [0.2, 0.25) is 0 Å². The van der Waals surface area contributed by atoms with Crippen molar-refractivity contribution in [3.63, 3.8) is 0 Å². The molecule has 0 amide bonds. The van der Waals surface area contributed by atoms with Crippen molar-refractivity contribution in [2.45, 2.75) is 66.3 Å². The summed E-state index contributed by atoms with van der Waals surface area (Å²) in [6, 6.07) is 0.699. The Morgan fingerprint density at radius 1 is 0.786 bits per heavy atom. The first-order chi connectivity index (χ1) is 6.52. The van der Waals surface area contributed by atoms with Crippen LogP contribution in [0.4, 0.5) is 0 Å². The van der Waals surface area contributed by atoms with Gasteiger partial charge in [-0.15, -0.1) is 0 Å². The van der Waals surface area contributed by atoms with E-state index in [1.807, 2.05) is 0 Å². The maximum atomic E-state index is 3.59. The summed E-state index contributed by atoms with van der Waals surface area (Å²) in [5, 5.41) is 3.59. The molecule has 0 radical (unpaired) electrons. The van der Waals surface area contributed by atoms with Gasteiger partial charge < -0.3 is 5.32 Å². The van der Waals surface area contributed by atoms with Crippen molar-refractivity contribution in [1.29, 1.82) is 0 Å². The zero-order valence-corrected chi connectivity index (χ0v) is 10.8. The van der Waals surface area contributed by atoms with Crippen LogP contribution in [0.3, 0.4) is 0 Å². The molecule has 0 fully saturated rings. The summed E-state index contributed by atoms with van der Waals surface area (Å²) >= 11 is 0. The van der Waals surface area contributed by atoms with Crippen LogP contribution in [0, 0.1) is 11.8 Å². The molecule has 0 bridgehead atoms. The van der Waals surface area contributed by atoms with Gasteiger partial charge in [0.25, 0.3) is 0 Å². The van der Waals surface area contributed by atoms with Gasteiger partial charge in [-0.2, -0.15) is 0 Å². The van der Waals surface area contributed by atoms with E-state index in [1.165, 1.54) is 32.2 Å². The first kappa shape index (κ1) is 14.0. The average Bonchev–Trinajstić information content (AvgIpc) is 2.08. The number of hydrogen-bond acceptors (Lipinski definition) is 1. The molecule has 0 heterocycles. The van der Waals surface area contributed by atoms with Gasteiger partial charge in [-0.05, 0) is 51.0 Å². The van der Waals surface area contributed by atoms with E-state index in [1.54, 1.807) is 0 Å². The highest BCUT2D eigenvalue weighted by Crippen LogP contribution is 2.07. The Bertz CT molecular complexity index is 118. The molecule has 0 aromatic carbocycles. The molecule has 1 unspecified atom stereocenters. The highest BCUT2D eigenvalue weighted by atomic mass is 14.9. The topological polar surface area (TPSA) is 12.0 Å². The van der Waals surface area contributed by atoms with Crippen LogP contribution < -0.4 is 5.32 Å². The van der Waals surface area contributed by atoms with E-state index in [0.717, 1.165) is 11.8 Å². The van der Waals surface area contributed by atoms with E-state index in [-0.39, 0.29) is 0 Å². The van der Waals surface area contributed by atoms with E-state index < -0.39 is 0 Å². The predicted octanol–water partition coefficient (Wildman–Crippen LogP) is 3.84. The SMILES string of the molecule is CC(C)CCCNC(C)CCC(C)C. The fourth-order valence-electron chi connectivity index (χ4n) is 1.54. The van der Waals surface area contributed by atoms with Gasteiger partial charge in [-0.3, -0.25) is 0 Å². The molecule has 86 valence electrons. The molecule has 0 aliphatic carbocycles. The molecule has 1 nitrogen and oxygen atoms in total. The molecule has 0 aliphatic heterocycles. The van der Waals surface area contributed by atoms with Crippen LogP contribution in [-0.4, -0.2) is 12.6 Å². The van der Waals surface area contributed by atoms with Crippen LogP contribution in [0.2, 0.25) is 0 Å². The summed E-state index contributed by atoms with van der Waals surface area (Å²) in [6.07, 6.45) is 5.34. The van der Waals surface area contributed by atoms with E-state index in [9.17, 15) is 0 Å². The number of rotatable bonds is 8. The van der Waals surface area contributed by atoms with Crippen LogP contribution in [0.25, 0.3) is 0 Å². The number of hydrogen-bond donors (Lipinski definition) is 1. The Morgan fingerprint density at radius 2 is 1.36 bits per heavy atom. The van der Waals surface area contributed by atoms with Crippen LogP contribution in [0.1, 0.15) is 60.3 Å². The Morgan fingerprint density at radius 3 is 1.86 bits per heavy atom. The van der Waals surface area contributed by atoms with Crippen LogP contribution >= 0.6 is 0 Å². The Kier molecular flexibility index (Phi) is 8.26. The molecule has 1 atom stereocenters. The van der Waals surface area contributed by atoms with Gasteiger partial charge in [-0.25, -0.2) is 0 Å². The lowest BCUT2D eigenvalue weighted by Crippen LogP contribution is -2.27. The molecule has 0 aromatic rings. The monoisotopic (exact) mass is 199 g/mol. The lowest BCUT2D eigenvalue weighted by atomic mass is 10.0. The normalized spacial score (nSPS) is 13.9. The van der Waals surface area contributed by atoms with Gasteiger partial charge in [0.15, 0.2) is 0 Å². The van der Waals surface area contributed by atoms with Gasteiger partial charge in [-0.1, -0.05) is 27.7 Å². The highest BCUT2D eigenvalue weighted by molar-refractivity contribution is 4.62. The summed E-state index contributed by atoms with van der Waals surface area (Å²) in [5.41, 5.74) is 0. The standard InChI is InChI=1S/C13H29N/c1-11(2)7-6-10-14-13(5)9-8-12(3)4/h11-14H,6-10H2,1-5H3. The smallest absolute Gasteiger partial charge is 0.00388 e. The average molecular weight is 199 g/mol. The van der Waals surface area contributed by atoms with Crippen molar-refractivity contribution in [3.05, 3.63) is 0 Å². The third kappa shape index (κ3) is 10.0. The Labute approximate surface area is 90.7 Å². The zero-order valence-electron chi connectivity index (χ0n) is 10.8. The molecule has 0 aliphatic rings. The minimum absolute atomic E-state index is 0.699. The maximum Gasteiger partial charge on any atom is 0.00388 e. The molecule has 1 heteroatoms. The molecular weight excluding hydrogens is 170 g/mol. The largest absolute Gasteiger partial charge is 0.314 e. The quantitative estimate of drug-likeness (QED) is 0.586.